The fourth-order valence-corrected chi connectivity index (χ4v) is 3.47. The van der Waals surface area contributed by atoms with Crippen molar-refractivity contribution in [2.24, 2.45) is 4.99 Å². The number of anilines is 1. The molecule has 0 bridgehead atoms. The quantitative estimate of drug-likeness (QED) is 0.319. The fourth-order valence-electron chi connectivity index (χ4n) is 3.47. The summed E-state index contributed by atoms with van der Waals surface area (Å²) in [5.74, 6) is 3.24. The number of nitrogens with one attached hydrogen (secondary N) is 2. The van der Waals surface area contributed by atoms with E-state index in [1.807, 2.05) is 30.3 Å². The molecule has 4 rings (SSSR count). The smallest absolute Gasteiger partial charge is 0.195 e. The largest absolute Gasteiger partial charge is 0.490 e. The molecule has 2 N–H and O–H groups in total. The summed E-state index contributed by atoms with van der Waals surface area (Å²) in [7, 11) is 0. The Labute approximate surface area is 194 Å². The van der Waals surface area contributed by atoms with Crippen molar-refractivity contribution in [3.05, 3.63) is 42.4 Å². The molecule has 2 aromatic rings. The van der Waals surface area contributed by atoms with Crippen LogP contribution >= 0.6 is 24.0 Å². The summed E-state index contributed by atoms with van der Waals surface area (Å²) >= 11 is 0. The van der Waals surface area contributed by atoms with Gasteiger partial charge in [0.1, 0.15) is 5.76 Å². The zero-order chi connectivity index (χ0) is 19.7. The van der Waals surface area contributed by atoms with Crippen molar-refractivity contribution >= 4 is 35.6 Å². The van der Waals surface area contributed by atoms with E-state index in [2.05, 4.69) is 10.6 Å². The molecule has 1 aromatic carbocycles. The third kappa shape index (κ3) is 6.80. The lowest BCUT2D eigenvalue weighted by atomic mass is 10.2. The summed E-state index contributed by atoms with van der Waals surface area (Å²) in [4.78, 5) is 4.74. The maximum atomic E-state index is 5.80. The van der Waals surface area contributed by atoms with Gasteiger partial charge in [0.15, 0.2) is 17.5 Å². The minimum absolute atomic E-state index is 0. The number of halogens is 1. The Morgan fingerprint density at radius 1 is 1.07 bits per heavy atom. The third-order valence-corrected chi connectivity index (χ3v) is 5.00. The molecular weight excluding hydrogens is 497 g/mol. The predicted octanol–water partition coefficient (Wildman–Crippen LogP) is 4.23. The number of guanidine groups is 1. The molecule has 1 unspecified atom stereocenters. The number of hydrogen-bond acceptors (Lipinski definition) is 5. The summed E-state index contributed by atoms with van der Waals surface area (Å²) in [5.41, 5.74) is 0.913. The molecular formula is C22H30IN3O4. The van der Waals surface area contributed by atoms with Gasteiger partial charge in [-0.1, -0.05) is 0 Å². The van der Waals surface area contributed by atoms with Crippen molar-refractivity contribution < 1.29 is 18.6 Å². The summed E-state index contributed by atoms with van der Waals surface area (Å²) in [6, 6.07) is 9.77. The maximum absolute atomic E-state index is 5.80. The van der Waals surface area contributed by atoms with Crippen LogP contribution in [0, 0.1) is 0 Å². The van der Waals surface area contributed by atoms with Crippen LogP contribution in [0.1, 0.15) is 31.4 Å². The van der Waals surface area contributed by atoms with Crippen LogP contribution in [0.5, 0.6) is 11.5 Å². The van der Waals surface area contributed by atoms with E-state index in [9.17, 15) is 0 Å². The maximum Gasteiger partial charge on any atom is 0.195 e. The van der Waals surface area contributed by atoms with E-state index < -0.39 is 0 Å². The van der Waals surface area contributed by atoms with Gasteiger partial charge in [-0.3, -0.25) is 4.99 Å². The first-order chi connectivity index (χ1) is 14.4. The highest BCUT2D eigenvalue weighted by molar-refractivity contribution is 14.0. The van der Waals surface area contributed by atoms with Crippen molar-refractivity contribution in [3.63, 3.8) is 0 Å². The number of benzene rings is 1. The fraction of sp³-hybridized carbons (Fsp3) is 0.500. The van der Waals surface area contributed by atoms with Crippen LogP contribution in [-0.4, -0.2) is 45.0 Å². The molecule has 1 saturated heterocycles. The summed E-state index contributed by atoms with van der Waals surface area (Å²) in [5, 5.41) is 6.78. The van der Waals surface area contributed by atoms with Gasteiger partial charge in [-0.15, -0.1) is 24.0 Å². The highest BCUT2D eigenvalue weighted by Crippen LogP contribution is 2.32. The Balaban J connectivity index is 0.00000256. The summed E-state index contributed by atoms with van der Waals surface area (Å²) < 4.78 is 22.6. The lowest BCUT2D eigenvalue weighted by Gasteiger charge is -2.15. The number of rotatable bonds is 7. The van der Waals surface area contributed by atoms with Crippen molar-refractivity contribution in [1.82, 2.24) is 5.32 Å². The van der Waals surface area contributed by atoms with Crippen LogP contribution in [-0.2, 0) is 11.2 Å². The molecule has 0 aliphatic carbocycles. The number of fused-ring (bicyclic) bond motifs is 1. The Morgan fingerprint density at radius 2 is 1.97 bits per heavy atom. The lowest BCUT2D eigenvalue weighted by Crippen LogP contribution is -2.32. The average molecular weight is 527 g/mol. The molecule has 30 heavy (non-hydrogen) atoms. The van der Waals surface area contributed by atoms with E-state index in [0.29, 0.717) is 25.9 Å². The van der Waals surface area contributed by atoms with Gasteiger partial charge in [0.25, 0.3) is 0 Å². The van der Waals surface area contributed by atoms with Gasteiger partial charge < -0.3 is 29.3 Å². The normalized spacial score (nSPS) is 18.4. The van der Waals surface area contributed by atoms with Crippen molar-refractivity contribution in [1.29, 1.82) is 0 Å². The molecule has 1 fully saturated rings. The monoisotopic (exact) mass is 527 g/mol. The van der Waals surface area contributed by atoms with Crippen LogP contribution in [0.3, 0.4) is 0 Å². The second kappa shape index (κ2) is 12.0. The first kappa shape index (κ1) is 22.7. The molecule has 1 atom stereocenters. The molecule has 164 valence electrons. The van der Waals surface area contributed by atoms with Crippen LogP contribution in [0.2, 0.25) is 0 Å². The standard InChI is InChI=1S/C22H29N3O4.HI/c1-4-18(26-12-1)8-10-23-22(24-11-9-19-5-2-13-27-19)25-17-6-7-20-21(16-17)29-15-3-14-28-20;/h1,4,6-7,12,16,19H,2-3,5,8-11,13-15H2,(H2,23,24,25);1H. The van der Waals surface area contributed by atoms with Gasteiger partial charge in [0, 0.05) is 44.3 Å². The number of hydrogen-bond donors (Lipinski definition) is 2. The average Bonchev–Trinajstić information content (AvgIpc) is 3.39. The summed E-state index contributed by atoms with van der Waals surface area (Å²) in [6.45, 7) is 3.66. The molecule has 0 spiro atoms. The van der Waals surface area contributed by atoms with Crippen molar-refractivity contribution in [3.8, 4) is 11.5 Å². The molecule has 0 amide bonds. The minimum Gasteiger partial charge on any atom is -0.490 e. The SMILES string of the molecule is I.c1coc(CCNC(=NCCC2CCCO2)Nc2ccc3c(c2)OCCCO3)c1. The first-order valence-electron chi connectivity index (χ1n) is 10.5. The van der Waals surface area contributed by atoms with Gasteiger partial charge in [-0.2, -0.15) is 0 Å². The zero-order valence-electron chi connectivity index (χ0n) is 17.1. The van der Waals surface area contributed by atoms with Gasteiger partial charge in [-0.25, -0.2) is 0 Å². The Hall–Kier alpha value is -1.94. The van der Waals surface area contributed by atoms with Crippen LogP contribution in [0.15, 0.2) is 46.0 Å². The van der Waals surface area contributed by atoms with E-state index >= 15 is 0 Å². The van der Waals surface area contributed by atoms with E-state index in [4.69, 9.17) is 23.6 Å². The number of nitrogens with zero attached hydrogens (tertiary/aromatic N) is 1. The molecule has 1 aromatic heterocycles. The van der Waals surface area contributed by atoms with Gasteiger partial charge in [0.2, 0.25) is 0 Å². The van der Waals surface area contributed by atoms with Gasteiger partial charge in [-0.05, 0) is 43.5 Å². The second-order valence-electron chi connectivity index (χ2n) is 7.25. The molecule has 8 heteroatoms. The van der Waals surface area contributed by atoms with Gasteiger partial charge in [0.05, 0.1) is 25.6 Å². The van der Waals surface area contributed by atoms with E-state index in [0.717, 1.165) is 74.2 Å². The van der Waals surface area contributed by atoms with E-state index in [1.165, 1.54) is 0 Å². The minimum atomic E-state index is 0. The lowest BCUT2D eigenvalue weighted by molar-refractivity contribution is 0.106. The number of ether oxygens (including phenoxy) is 3. The van der Waals surface area contributed by atoms with Crippen LogP contribution < -0.4 is 20.1 Å². The molecule has 2 aliphatic heterocycles. The second-order valence-corrected chi connectivity index (χ2v) is 7.25. The third-order valence-electron chi connectivity index (χ3n) is 5.00. The zero-order valence-corrected chi connectivity index (χ0v) is 19.4. The van der Waals surface area contributed by atoms with Crippen molar-refractivity contribution in [2.75, 3.05) is 38.2 Å². The number of aliphatic imine (C=N–C) groups is 1. The molecule has 7 nitrogen and oxygen atoms in total. The Kier molecular flexibility index (Phi) is 9.13. The van der Waals surface area contributed by atoms with Crippen LogP contribution in [0.25, 0.3) is 0 Å². The molecule has 2 aliphatic rings. The molecule has 0 radical (unpaired) electrons. The Morgan fingerprint density at radius 3 is 2.77 bits per heavy atom. The Bertz CT molecular complexity index is 792. The highest BCUT2D eigenvalue weighted by atomic mass is 127. The molecule has 3 heterocycles. The topological polar surface area (TPSA) is 77.3 Å². The van der Waals surface area contributed by atoms with Crippen molar-refractivity contribution in [2.45, 2.75) is 38.2 Å². The predicted molar refractivity (Wildman–Crippen MR) is 127 cm³/mol. The van der Waals surface area contributed by atoms with E-state index in [-0.39, 0.29) is 24.0 Å². The number of furan rings is 1. The molecule has 0 saturated carbocycles. The van der Waals surface area contributed by atoms with Gasteiger partial charge >= 0.3 is 0 Å². The van der Waals surface area contributed by atoms with E-state index in [1.54, 1.807) is 6.26 Å². The summed E-state index contributed by atoms with van der Waals surface area (Å²) in [6.07, 6.45) is 6.93. The van der Waals surface area contributed by atoms with Crippen LogP contribution in [0.4, 0.5) is 5.69 Å². The first-order valence-corrected chi connectivity index (χ1v) is 10.5. The highest BCUT2D eigenvalue weighted by Gasteiger charge is 2.15.